The van der Waals surface area contributed by atoms with Crippen LogP contribution in [0.3, 0.4) is 0 Å². The molecule has 0 aliphatic carbocycles. The zero-order valence-electron chi connectivity index (χ0n) is 9.69. The van der Waals surface area contributed by atoms with Crippen LogP contribution in [0.4, 0.5) is 0 Å². The minimum Gasteiger partial charge on any atom is -0.388 e. The van der Waals surface area contributed by atoms with Gasteiger partial charge in [-0.05, 0) is 50.5 Å². The Morgan fingerprint density at radius 3 is 2.41 bits per heavy atom. The molecular weight excluding hydrogens is 296 g/mol. The normalized spacial score (nSPS) is 12.6. The Bertz CT molecular complexity index is 475. The van der Waals surface area contributed by atoms with Crippen LogP contribution in [-0.2, 0) is 12.8 Å². The molecule has 0 saturated carbocycles. The number of aliphatic hydroxyl groups is 1. The third kappa shape index (κ3) is 3.41. The molecule has 1 nitrogen and oxygen atoms in total. The van der Waals surface area contributed by atoms with Gasteiger partial charge in [-0.1, -0.05) is 31.2 Å². The van der Waals surface area contributed by atoms with Crippen molar-refractivity contribution >= 4 is 27.3 Å². The van der Waals surface area contributed by atoms with Crippen LogP contribution in [0.2, 0.25) is 0 Å². The SMILES string of the molecule is CCc1ccc(CC(O)c2csc(Br)c2)cc1. The van der Waals surface area contributed by atoms with Crippen LogP contribution in [0.5, 0.6) is 0 Å². The van der Waals surface area contributed by atoms with Crippen molar-refractivity contribution < 1.29 is 5.11 Å². The highest BCUT2D eigenvalue weighted by atomic mass is 79.9. The molecule has 2 aromatic rings. The van der Waals surface area contributed by atoms with Gasteiger partial charge in [0.1, 0.15) is 0 Å². The van der Waals surface area contributed by atoms with E-state index in [9.17, 15) is 5.11 Å². The molecule has 1 atom stereocenters. The third-order valence-corrected chi connectivity index (χ3v) is 4.36. The molecular formula is C14H15BrOS. The van der Waals surface area contributed by atoms with Crippen LogP contribution in [0.15, 0.2) is 39.5 Å². The summed E-state index contributed by atoms with van der Waals surface area (Å²) in [5.41, 5.74) is 3.50. The molecule has 0 aliphatic heterocycles. The fraction of sp³-hybridized carbons (Fsp3) is 0.286. The second-order valence-corrected chi connectivity index (χ2v) is 6.36. The molecule has 17 heavy (non-hydrogen) atoms. The smallest absolute Gasteiger partial charge is 0.0838 e. The monoisotopic (exact) mass is 310 g/mol. The van der Waals surface area contributed by atoms with Crippen molar-refractivity contribution in [2.45, 2.75) is 25.9 Å². The van der Waals surface area contributed by atoms with Gasteiger partial charge in [-0.15, -0.1) is 11.3 Å². The second kappa shape index (κ2) is 5.80. The Labute approximate surface area is 114 Å². The number of aryl methyl sites for hydroxylation is 1. The molecule has 0 radical (unpaired) electrons. The second-order valence-electron chi connectivity index (χ2n) is 4.07. The third-order valence-electron chi connectivity index (χ3n) is 2.83. The van der Waals surface area contributed by atoms with E-state index in [1.54, 1.807) is 11.3 Å². The number of benzene rings is 1. The van der Waals surface area contributed by atoms with E-state index in [0.29, 0.717) is 6.42 Å². The summed E-state index contributed by atoms with van der Waals surface area (Å²) in [5.74, 6) is 0. The van der Waals surface area contributed by atoms with Crippen molar-refractivity contribution in [2.24, 2.45) is 0 Å². The maximum Gasteiger partial charge on any atom is 0.0838 e. The van der Waals surface area contributed by atoms with Crippen molar-refractivity contribution in [2.75, 3.05) is 0 Å². The van der Waals surface area contributed by atoms with Gasteiger partial charge in [-0.25, -0.2) is 0 Å². The van der Waals surface area contributed by atoms with Crippen LogP contribution in [0.1, 0.15) is 29.7 Å². The zero-order valence-corrected chi connectivity index (χ0v) is 12.1. The van der Waals surface area contributed by atoms with Crippen molar-refractivity contribution in [3.05, 3.63) is 56.2 Å². The van der Waals surface area contributed by atoms with Crippen LogP contribution in [0, 0.1) is 0 Å². The van der Waals surface area contributed by atoms with Crippen LogP contribution in [0.25, 0.3) is 0 Å². The highest BCUT2D eigenvalue weighted by molar-refractivity contribution is 9.11. The van der Waals surface area contributed by atoms with Crippen LogP contribution < -0.4 is 0 Å². The van der Waals surface area contributed by atoms with E-state index in [2.05, 4.69) is 47.1 Å². The zero-order chi connectivity index (χ0) is 12.3. The first-order chi connectivity index (χ1) is 8.19. The summed E-state index contributed by atoms with van der Waals surface area (Å²) in [7, 11) is 0. The molecule has 0 spiro atoms. The molecule has 3 heteroatoms. The van der Waals surface area contributed by atoms with E-state index in [-0.39, 0.29) is 0 Å². The molecule has 1 N–H and O–H groups in total. The number of halogens is 1. The topological polar surface area (TPSA) is 20.2 Å². The average Bonchev–Trinajstić information content (AvgIpc) is 2.77. The van der Waals surface area contributed by atoms with Gasteiger partial charge in [0.25, 0.3) is 0 Å². The van der Waals surface area contributed by atoms with E-state index in [1.807, 2.05) is 11.4 Å². The van der Waals surface area contributed by atoms with Gasteiger partial charge in [0, 0.05) is 6.42 Å². The lowest BCUT2D eigenvalue weighted by Crippen LogP contribution is -2.00. The standard InChI is InChI=1S/C14H15BrOS/c1-2-10-3-5-11(6-4-10)7-13(16)12-8-14(15)17-9-12/h3-6,8-9,13,16H,2,7H2,1H3. The Morgan fingerprint density at radius 1 is 1.24 bits per heavy atom. The predicted molar refractivity (Wildman–Crippen MR) is 76.5 cm³/mol. The minimum atomic E-state index is -0.412. The van der Waals surface area contributed by atoms with Gasteiger partial charge in [0.15, 0.2) is 0 Å². The predicted octanol–water partition coefficient (Wildman–Crippen LogP) is 4.35. The highest BCUT2D eigenvalue weighted by Gasteiger charge is 2.10. The fourth-order valence-electron chi connectivity index (χ4n) is 1.75. The summed E-state index contributed by atoms with van der Waals surface area (Å²) >= 11 is 5.02. The number of hydrogen-bond donors (Lipinski definition) is 1. The molecule has 0 bridgehead atoms. The number of aliphatic hydroxyl groups excluding tert-OH is 1. The Balaban J connectivity index is 2.04. The van der Waals surface area contributed by atoms with E-state index < -0.39 is 6.10 Å². The van der Waals surface area contributed by atoms with Gasteiger partial charge >= 0.3 is 0 Å². The maximum atomic E-state index is 10.1. The van der Waals surface area contributed by atoms with E-state index in [0.717, 1.165) is 15.8 Å². The largest absolute Gasteiger partial charge is 0.388 e. The lowest BCUT2D eigenvalue weighted by molar-refractivity contribution is 0.179. The summed E-state index contributed by atoms with van der Waals surface area (Å²) < 4.78 is 1.06. The van der Waals surface area contributed by atoms with E-state index in [4.69, 9.17) is 0 Å². The summed E-state index contributed by atoms with van der Waals surface area (Å²) in [4.78, 5) is 0. The van der Waals surface area contributed by atoms with Crippen molar-refractivity contribution in [1.29, 1.82) is 0 Å². The summed E-state index contributed by atoms with van der Waals surface area (Å²) in [6.07, 6.45) is 1.32. The molecule has 1 heterocycles. The summed E-state index contributed by atoms with van der Waals surface area (Å²) in [5, 5.41) is 12.1. The number of hydrogen-bond acceptors (Lipinski definition) is 2. The molecule has 1 unspecified atom stereocenters. The van der Waals surface area contributed by atoms with Crippen LogP contribution >= 0.6 is 27.3 Å². The minimum absolute atomic E-state index is 0.412. The lowest BCUT2D eigenvalue weighted by Gasteiger charge is -2.09. The average molecular weight is 311 g/mol. The van der Waals surface area contributed by atoms with Gasteiger partial charge in [0.05, 0.1) is 9.89 Å². The fourth-order valence-corrected chi connectivity index (χ4v) is 2.97. The van der Waals surface area contributed by atoms with Crippen molar-refractivity contribution in [3.8, 4) is 0 Å². The Hall–Kier alpha value is -0.640. The molecule has 0 amide bonds. The van der Waals surface area contributed by atoms with Gasteiger partial charge in [0.2, 0.25) is 0 Å². The van der Waals surface area contributed by atoms with E-state index >= 15 is 0 Å². The first-order valence-corrected chi connectivity index (χ1v) is 7.36. The Morgan fingerprint density at radius 2 is 1.88 bits per heavy atom. The van der Waals surface area contributed by atoms with E-state index in [1.165, 1.54) is 11.1 Å². The summed E-state index contributed by atoms with van der Waals surface area (Å²) in [6, 6.07) is 10.4. The molecule has 90 valence electrons. The number of thiophene rings is 1. The molecule has 1 aromatic carbocycles. The van der Waals surface area contributed by atoms with Crippen molar-refractivity contribution in [3.63, 3.8) is 0 Å². The highest BCUT2D eigenvalue weighted by Crippen LogP contribution is 2.27. The molecule has 1 aromatic heterocycles. The summed E-state index contributed by atoms with van der Waals surface area (Å²) in [6.45, 7) is 2.15. The Kier molecular flexibility index (Phi) is 4.37. The van der Waals surface area contributed by atoms with Crippen molar-refractivity contribution in [1.82, 2.24) is 0 Å². The first kappa shape index (κ1) is 12.8. The van der Waals surface area contributed by atoms with Crippen LogP contribution in [-0.4, -0.2) is 5.11 Å². The first-order valence-electron chi connectivity index (χ1n) is 5.69. The van der Waals surface area contributed by atoms with Gasteiger partial charge < -0.3 is 5.11 Å². The van der Waals surface area contributed by atoms with Gasteiger partial charge in [-0.3, -0.25) is 0 Å². The molecule has 0 aliphatic rings. The van der Waals surface area contributed by atoms with Gasteiger partial charge in [-0.2, -0.15) is 0 Å². The molecule has 2 rings (SSSR count). The number of rotatable bonds is 4. The quantitative estimate of drug-likeness (QED) is 0.890. The lowest BCUT2D eigenvalue weighted by atomic mass is 10.0. The maximum absolute atomic E-state index is 10.1. The molecule has 0 saturated heterocycles. The molecule has 0 fully saturated rings.